The number of amides is 1. The number of alkyl halides is 3. The number of carbonyl (C=O) groups excluding carboxylic acids is 3. The Morgan fingerprint density at radius 3 is 2.42 bits per heavy atom. The third-order valence-electron chi connectivity index (χ3n) is 5.32. The quantitative estimate of drug-likeness (QED) is 0.651. The Balaban J connectivity index is 1.60. The highest BCUT2D eigenvalue weighted by molar-refractivity contribution is 5.97. The molecule has 33 heavy (non-hydrogen) atoms. The summed E-state index contributed by atoms with van der Waals surface area (Å²) in [7, 11) is 1.32. The van der Waals surface area contributed by atoms with Crippen LogP contribution in [0.15, 0.2) is 48.5 Å². The standard InChI is InChI=1S/C23H23F3N2O5/c1-32-21(30)15-9-11-28(12-10-15)20(29)14-33-22(31)18-7-2-3-8-19(18)27-17-6-4-5-16(13-17)23(24,25)26/h2-8,13,15,27H,9-12,14H2,1H3. The maximum atomic E-state index is 13.0. The molecule has 176 valence electrons. The van der Waals surface area contributed by atoms with Gasteiger partial charge < -0.3 is 19.7 Å². The summed E-state index contributed by atoms with van der Waals surface area (Å²) in [6.45, 7) is 0.216. The maximum Gasteiger partial charge on any atom is 0.416 e. The van der Waals surface area contributed by atoms with Gasteiger partial charge in [-0.05, 0) is 43.2 Å². The average molecular weight is 464 g/mol. The molecule has 2 aromatic carbocycles. The molecule has 1 heterocycles. The second-order valence-corrected chi connectivity index (χ2v) is 7.50. The summed E-state index contributed by atoms with van der Waals surface area (Å²) < 4.78 is 48.8. The summed E-state index contributed by atoms with van der Waals surface area (Å²) in [5.74, 6) is -1.74. The number of likely N-dealkylation sites (tertiary alicyclic amines) is 1. The molecule has 0 radical (unpaired) electrons. The molecule has 0 spiro atoms. The third kappa shape index (κ3) is 6.24. The lowest BCUT2D eigenvalue weighted by Gasteiger charge is -2.30. The summed E-state index contributed by atoms with van der Waals surface area (Å²) in [5.41, 5.74) is -0.357. The number of methoxy groups -OCH3 is 1. The van der Waals surface area contributed by atoms with Crippen LogP contribution in [0.1, 0.15) is 28.8 Å². The minimum absolute atomic E-state index is 0.0760. The highest BCUT2D eigenvalue weighted by Crippen LogP contribution is 2.32. The molecule has 10 heteroatoms. The van der Waals surface area contributed by atoms with Gasteiger partial charge in [0.05, 0.1) is 29.8 Å². The van der Waals surface area contributed by atoms with Crippen molar-refractivity contribution in [3.8, 4) is 0 Å². The molecule has 1 fully saturated rings. The number of piperidine rings is 1. The number of hydrogen-bond donors (Lipinski definition) is 1. The Labute approximate surface area is 188 Å². The number of benzene rings is 2. The van der Waals surface area contributed by atoms with Crippen LogP contribution in [0.3, 0.4) is 0 Å². The number of nitrogens with zero attached hydrogens (tertiary/aromatic N) is 1. The molecule has 0 unspecified atom stereocenters. The Kier molecular flexibility index (Phi) is 7.57. The van der Waals surface area contributed by atoms with Crippen LogP contribution in [0.25, 0.3) is 0 Å². The SMILES string of the molecule is COC(=O)C1CCN(C(=O)COC(=O)c2ccccc2Nc2cccc(C(F)(F)F)c2)CC1. The highest BCUT2D eigenvalue weighted by atomic mass is 19.4. The number of halogens is 3. The zero-order chi connectivity index (χ0) is 24.0. The number of para-hydroxylation sites is 1. The molecule has 0 aromatic heterocycles. The molecule has 3 rings (SSSR count). The Morgan fingerprint density at radius 2 is 1.76 bits per heavy atom. The molecule has 0 atom stereocenters. The topological polar surface area (TPSA) is 84.9 Å². The van der Waals surface area contributed by atoms with Gasteiger partial charge in [0.1, 0.15) is 0 Å². The van der Waals surface area contributed by atoms with E-state index in [9.17, 15) is 27.6 Å². The minimum atomic E-state index is -4.50. The molecule has 0 saturated carbocycles. The Bertz CT molecular complexity index is 1020. The maximum absolute atomic E-state index is 13.0. The van der Waals surface area contributed by atoms with Crippen molar-refractivity contribution in [3.63, 3.8) is 0 Å². The van der Waals surface area contributed by atoms with Crippen LogP contribution in [0, 0.1) is 5.92 Å². The second-order valence-electron chi connectivity index (χ2n) is 7.50. The molecule has 1 amide bonds. The highest BCUT2D eigenvalue weighted by Gasteiger charge is 2.31. The number of nitrogens with one attached hydrogen (secondary N) is 1. The number of ether oxygens (including phenoxy) is 2. The van der Waals surface area contributed by atoms with Gasteiger partial charge in [-0.25, -0.2) is 4.79 Å². The van der Waals surface area contributed by atoms with E-state index in [-0.39, 0.29) is 28.8 Å². The fraction of sp³-hybridized carbons (Fsp3) is 0.348. The summed E-state index contributed by atoms with van der Waals surface area (Å²) in [6, 6.07) is 10.7. The van der Waals surface area contributed by atoms with Crippen molar-refractivity contribution in [2.24, 2.45) is 5.92 Å². The predicted octanol–water partition coefficient (Wildman–Crippen LogP) is 4.02. The van der Waals surface area contributed by atoms with Gasteiger partial charge in [-0.3, -0.25) is 9.59 Å². The smallest absolute Gasteiger partial charge is 0.416 e. The molecule has 2 aromatic rings. The molecule has 1 aliphatic heterocycles. The van der Waals surface area contributed by atoms with Crippen molar-refractivity contribution in [2.75, 3.05) is 32.1 Å². The summed E-state index contributed by atoms with van der Waals surface area (Å²) in [4.78, 5) is 38.1. The van der Waals surface area contributed by atoms with Crippen molar-refractivity contribution in [1.29, 1.82) is 0 Å². The number of carbonyl (C=O) groups is 3. The summed E-state index contributed by atoms with van der Waals surface area (Å²) in [5, 5.41) is 2.80. The first-order chi connectivity index (χ1) is 15.7. The van der Waals surface area contributed by atoms with E-state index in [2.05, 4.69) is 5.32 Å². The molecule has 0 bridgehead atoms. The van der Waals surface area contributed by atoms with Crippen molar-refractivity contribution < 1.29 is 37.0 Å². The zero-order valence-corrected chi connectivity index (χ0v) is 17.9. The van der Waals surface area contributed by atoms with Gasteiger partial charge in [0.25, 0.3) is 5.91 Å². The molecule has 1 saturated heterocycles. The van der Waals surface area contributed by atoms with E-state index in [1.54, 1.807) is 12.1 Å². The van der Waals surface area contributed by atoms with Crippen LogP contribution in [0.5, 0.6) is 0 Å². The zero-order valence-electron chi connectivity index (χ0n) is 17.9. The van der Waals surface area contributed by atoms with E-state index in [1.807, 2.05) is 0 Å². The largest absolute Gasteiger partial charge is 0.469 e. The Morgan fingerprint density at radius 1 is 1.06 bits per heavy atom. The van der Waals surface area contributed by atoms with Crippen molar-refractivity contribution in [1.82, 2.24) is 4.90 Å². The van der Waals surface area contributed by atoms with Crippen molar-refractivity contribution >= 4 is 29.2 Å². The lowest BCUT2D eigenvalue weighted by molar-refractivity contribution is -0.149. The van der Waals surface area contributed by atoms with Crippen LogP contribution >= 0.6 is 0 Å². The first-order valence-corrected chi connectivity index (χ1v) is 10.2. The number of anilines is 2. The van der Waals surface area contributed by atoms with E-state index < -0.39 is 30.2 Å². The molecule has 0 aliphatic carbocycles. The predicted molar refractivity (Wildman–Crippen MR) is 113 cm³/mol. The van der Waals surface area contributed by atoms with E-state index in [1.165, 1.54) is 36.3 Å². The average Bonchev–Trinajstić information content (AvgIpc) is 2.82. The number of hydrogen-bond acceptors (Lipinski definition) is 6. The van der Waals surface area contributed by atoms with Crippen LogP contribution < -0.4 is 5.32 Å². The minimum Gasteiger partial charge on any atom is -0.469 e. The molecule has 1 aliphatic rings. The van der Waals surface area contributed by atoms with Gasteiger partial charge >= 0.3 is 18.1 Å². The summed E-state index contributed by atoms with van der Waals surface area (Å²) in [6.07, 6.45) is -3.56. The van der Waals surface area contributed by atoms with Gasteiger partial charge in [-0.1, -0.05) is 18.2 Å². The van der Waals surface area contributed by atoms with Crippen LogP contribution in [0.2, 0.25) is 0 Å². The second kappa shape index (κ2) is 10.4. The normalized spacial score (nSPS) is 14.5. The summed E-state index contributed by atoms with van der Waals surface area (Å²) >= 11 is 0. The number of rotatable bonds is 6. The third-order valence-corrected chi connectivity index (χ3v) is 5.32. The van der Waals surface area contributed by atoms with E-state index in [0.717, 1.165) is 12.1 Å². The molecular formula is C23H23F3N2O5. The van der Waals surface area contributed by atoms with Crippen LogP contribution in [-0.4, -0.2) is 49.6 Å². The first kappa shape index (κ1) is 24.1. The van der Waals surface area contributed by atoms with E-state index in [0.29, 0.717) is 25.9 Å². The van der Waals surface area contributed by atoms with Gasteiger partial charge in [0.2, 0.25) is 0 Å². The number of esters is 2. The fourth-order valence-electron chi connectivity index (χ4n) is 3.53. The van der Waals surface area contributed by atoms with Crippen molar-refractivity contribution in [2.45, 2.75) is 19.0 Å². The molecule has 1 N–H and O–H groups in total. The molecular weight excluding hydrogens is 441 g/mol. The fourth-order valence-corrected chi connectivity index (χ4v) is 3.53. The van der Waals surface area contributed by atoms with Gasteiger partial charge in [-0.2, -0.15) is 13.2 Å². The lowest BCUT2D eigenvalue weighted by Crippen LogP contribution is -2.42. The van der Waals surface area contributed by atoms with Crippen molar-refractivity contribution in [3.05, 3.63) is 59.7 Å². The van der Waals surface area contributed by atoms with E-state index in [4.69, 9.17) is 9.47 Å². The lowest BCUT2D eigenvalue weighted by atomic mass is 9.97. The monoisotopic (exact) mass is 464 g/mol. The van der Waals surface area contributed by atoms with Crippen LogP contribution in [-0.2, 0) is 25.2 Å². The Hall–Kier alpha value is -3.56. The van der Waals surface area contributed by atoms with Gasteiger partial charge in [0, 0.05) is 18.8 Å². The van der Waals surface area contributed by atoms with Gasteiger partial charge in [0.15, 0.2) is 6.61 Å². The van der Waals surface area contributed by atoms with E-state index >= 15 is 0 Å². The molecule has 7 nitrogen and oxygen atoms in total. The van der Waals surface area contributed by atoms with Gasteiger partial charge in [-0.15, -0.1) is 0 Å². The van der Waals surface area contributed by atoms with Crippen LogP contribution in [0.4, 0.5) is 24.5 Å². The first-order valence-electron chi connectivity index (χ1n) is 10.2.